The average molecular weight is 303 g/mol. The molecule has 0 aliphatic rings. The van der Waals surface area contributed by atoms with E-state index in [0.717, 1.165) is 17.9 Å². The number of rotatable bonds is 6. The van der Waals surface area contributed by atoms with E-state index in [1.54, 1.807) is 0 Å². The lowest BCUT2D eigenvalue weighted by Crippen LogP contribution is -2.13. The number of aliphatic hydroxyl groups is 1. The van der Waals surface area contributed by atoms with Gasteiger partial charge in [-0.25, -0.2) is 0 Å². The average Bonchev–Trinajstić information content (AvgIpc) is 2.47. The Kier molecular flexibility index (Phi) is 5.84. The van der Waals surface area contributed by atoms with Crippen molar-refractivity contribution < 1.29 is 5.11 Å². The predicted molar refractivity (Wildman–Crippen MR) is 90.0 cm³/mol. The Morgan fingerprint density at radius 1 is 0.952 bits per heavy atom. The van der Waals surface area contributed by atoms with E-state index in [1.807, 2.05) is 18.2 Å². The fourth-order valence-electron chi connectivity index (χ4n) is 2.57. The normalized spacial score (nSPS) is 12.6. The lowest BCUT2D eigenvalue weighted by Gasteiger charge is -2.15. The fraction of sp³-hybridized carbons (Fsp3) is 0.368. The van der Waals surface area contributed by atoms with E-state index in [9.17, 15) is 5.11 Å². The van der Waals surface area contributed by atoms with Gasteiger partial charge in [-0.2, -0.15) is 0 Å². The van der Waals surface area contributed by atoms with E-state index in [-0.39, 0.29) is 12.5 Å². The topological polar surface area (TPSA) is 20.2 Å². The van der Waals surface area contributed by atoms with Crippen LogP contribution in [0.5, 0.6) is 0 Å². The summed E-state index contributed by atoms with van der Waals surface area (Å²) in [6.07, 6.45) is 1.74. The van der Waals surface area contributed by atoms with Crippen LogP contribution in [0.4, 0.5) is 0 Å². The number of benzene rings is 2. The molecule has 0 amide bonds. The summed E-state index contributed by atoms with van der Waals surface area (Å²) in [5.74, 6) is 0.785. The van der Waals surface area contributed by atoms with Crippen molar-refractivity contribution >= 4 is 11.6 Å². The second-order valence-electron chi connectivity index (χ2n) is 5.98. The quantitative estimate of drug-likeness (QED) is 0.808. The molecular weight excluding hydrogens is 280 g/mol. The molecule has 2 rings (SSSR count). The first kappa shape index (κ1) is 16.1. The van der Waals surface area contributed by atoms with Gasteiger partial charge in [-0.15, -0.1) is 0 Å². The predicted octanol–water partition coefficient (Wildman–Crippen LogP) is 4.86. The zero-order valence-electron chi connectivity index (χ0n) is 12.7. The summed E-state index contributed by atoms with van der Waals surface area (Å²) in [5, 5.41) is 10.4. The summed E-state index contributed by atoms with van der Waals surface area (Å²) in [6.45, 7) is 4.59. The summed E-state index contributed by atoms with van der Waals surface area (Å²) < 4.78 is 0. The van der Waals surface area contributed by atoms with Crippen LogP contribution in [0.3, 0.4) is 0 Å². The van der Waals surface area contributed by atoms with Crippen LogP contribution >= 0.6 is 11.6 Å². The third-order valence-electron chi connectivity index (χ3n) is 3.84. The van der Waals surface area contributed by atoms with E-state index in [1.165, 1.54) is 16.7 Å². The van der Waals surface area contributed by atoms with Crippen LogP contribution in [0, 0.1) is 5.92 Å². The monoisotopic (exact) mass is 302 g/mol. The summed E-state index contributed by atoms with van der Waals surface area (Å²) in [5.41, 5.74) is 3.81. The van der Waals surface area contributed by atoms with E-state index in [4.69, 9.17) is 11.6 Å². The van der Waals surface area contributed by atoms with Crippen molar-refractivity contribution in [1.82, 2.24) is 0 Å². The van der Waals surface area contributed by atoms with E-state index < -0.39 is 0 Å². The minimum atomic E-state index is 0.193. The molecule has 0 aliphatic carbocycles. The Bertz CT molecular complexity index is 560. The molecule has 1 atom stereocenters. The molecule has 112 valence electrons. The van der Waals surface area contributed by atoms with Gasteiger partial charge in [-0.1, -0.05) is 61.8 Å². The van der Waals surface area contributed by atoms with Crippen molar-refractivity contribution in [2.45, 2.75) is 32.6 Å². The molecule has 0 bridgehead atoms. The Labute approximate surface area is 132 Å². The van der Waals surface area contributed by atoms with Gasteiger partial charge in [0.05, 0.1) is 0 Å². The van der Waals surface area contributed by atoms with Gasteiger partial charge in [-0.3, -0.25) is 0 Å². The first-order valence-corrected chi connectivity index (χ1v) is 7.90. The minimum absolute atomic E-state index is 0.193. The highest BCUT2D eigenvalue weighted by Crippen LogP contribution is 2.20. The van der Waals surface area contributed by atoms with Crippen molar-refractivity contribution in [3.8, 4) is 0 Å². The molecule has 0 fully saturated rings. The molecule has 2 aromatic carbocycles. The molecule has 2 aromatic rings. The van der Waals surface area contributed by atoms with Crippen LogP contribution in [0.2, 0.25) is 5.02 Å². The molecule has 1 nitrogen and oxygen atoms in total. The smallest absolute Gasteiger partial charge is 0.0465 e. The molecule has 0 aromatic heterocycles. The molecule has 0 heterocycles. The molecule has 1 N–H and O–H groups in total. The molecular formula is C19H23ClO. The van der Waals surface area contributed by atoms with Gasteiger partial charge < -0.3 is 5.11 Å². The van der Waals surface area contributed by atoms with Gasteiger partial charge in [0.1, 0.15) is 0 Å². The Morgan fingerprint density at radius 2 is 1.62 bits per heavy atom. The largest absolute Gasteiger partial charge is 0.396 e. The molecule has 0 spiro atoms. The molecule has 0 saturated heterocycles. The first-order chi connectivity index (χ1) is 10.1. The zero-order valence-corrected chi connectivity index (χ0v) is 13.5. The maximum absolute atomic E-state index is 9.63. The molecule has 1 unspecified atom stereocenters. The Hall–Kier alpha value is -1.31. The van der Waals surface area contributed by atoms with Crippen LogP contribution in [0.15, 0.2) is 48.5 Å². The lowest BCUT2D eigenvalue weighted by atomic mass is 9.92. The molecule has 2 heteroatoms. The highest BCUT2D eigenvalue weighted by Gasteiger charge is 2.10. The lowest BCUT2D eigenvalue weighted by molar-refractivity contribution is 0.225. The Balaban J connectivity index is 2.01. The van der Waals surface area contributed by atoms with Gasteiger partial charge in [0.2, 0.25) is 0 Å². The van der Waals surface area contributed by atoms with Crippen LogP contribution in [0.25, 0.3) is 0 Å². The standard InChI is InChI=1S/C19H23ClO/c1-14(2)18-8-6-15(7-9-18)10-17(13-21)11-16-4-3-5-19(20)12-16/h3-9,12,14,17,21H,10-11,13H2,1-2H3. The van der Waals surface area contributed by atoms with Crippen LogP contribution in [-0.4, -0.2) is 11.7 Å². The third-order valence-corrected chi connectivity index (χ3v) is 4.08. The Morgan fingerprint density at radius 3 is 2.19 bits per heavy atom. The molecule has 21 heavy (non-hydrogen) atoms. The summed E-state index contributed by atoms with van der Waals surface area (Å²) in [4.78, 5) is 0. The van der Waals surface area contributed by atoms with Crippen LogP contribution < -0.4 is 0 Å². The molecule has 0 saturated carbocycles. The van der Waals surface area contributed by atoms with Gasteiger partial charge >= 0.3 is 0 Å². The fourth-order valence-corrected chi connectivity index (χ4v) is 2.78. The number of hydrogen-bond donors (Lipinski definition) is 1. The second kappa shape index (κ2) is 7.63. The third kappa shape index (κ3) is 4.87. The highest BCUT2D eigenvalue weighted by molar-refractivity contribution is 6.30. The number of aliphatic hydroxyl groups excluding tert-OH is 1. The minimum Gasteiger partial charge on any atom is -0.396 e. The van der Waals surface area contributed by atoms with Crippen molar-refractivity contribution in [2.75, 3.05) is 6.61 Å². The van der Waals surface area contributed by atoms with Crippen molar-refractivity contribution in [2.24, 2.45) is 5.92 Å². The van der Waals surface area contributed by atoms with Gasteiger partial charge in [0, 0.05) is 11.6 Å². The zero-order chi connectivity index (χ0) is 15.2. The number of hydrogen-bond acceptors (Lipinski definition) is 1. The van der Waals surface area contributed by atoms with E-state index in [0.29, 0.717) is 5.92 Å². The SMILES string of the molecule is CC(C)c1ccc(CC(CO)Cc2cccc(Cl)c2)cc1. The summed E-state index contributed by atoms with van der Waals surface area (Å²) in [7, 11) is 0. The van der Waals surface area contributed by atoms with Gasteiger partial charge in [-0.05, 0) is 53.5 Å². The van der Waals surface area contributed by atoms with E-state index in [2.05, 4.69) is 44.2 Å². The molecule has 0 radical (unpaired) electrons. The summed E-state index contributed by atoms with van der Waals surface area (Å²) in [6, 6.07) is 16.6. The van der Waals surface area contributed by atoms with Crippen molar-refractivity contribution in [3.05, 3.63) is 70.2 Å². The summed E-state index contributed by atoms with van der Waals surface area (Å²) >= 11 is 6.02. The first-order valence-electron chi connectivity index (χ1n) is 7.52. The highest BCUT2D eigenvalue weighted by atomic mass is 35.5. The van der Waals surface area contributed by atoms with Crippen LogP contribution in [0.1, 0.15) is 36.5 Å². The second-order valence-corrected chi connectivity index (χ2v) is 6.42. The van der Waals surface area contributed by atoms with Gasteiger partial charge in [0.15, 0.2) is 0 Å². The number of halogens is 1. The van der Waals surface area contributed by atoms with Crippen molar-refractivity contribution in [1.29, 1.82) is 0 Å². The van der Waals surface area contributed by atoms with Crippen LogP contribution in [-0.2, 0) is 12.8 Å². The molecule has 0 aliphatic heterocycles. The van der Waals surface area contributed by atoms with Gasteiger partial charge in [0.25, 0.3) is 0 Å². The van der Waals surface area contributed by atoms with Crippen molar-refractivity contribution in [3.63, 3.8) is 0 Å². The maximum atomic E-state index is 9.63. The van der Waals surface area contributed by atoms with E-state index >= 15 is 0 Å². The maximum Gasteiger partial charge on any atom is 0.0465 e.